The van der Waals surface area contributed by atoms with Crippen molar-refractivity contribution < 1.29 is 13.5 Å². The molecule has 1 nitrogen and oxygen atoms in total. The summed E-state index contributed by atoms with van der Waals surface area (Å²) in [6, 6.07) is 7.04. The largest absolute Gasteiger partial charge is 0.490 e. The zero-order valence-electron chi connectivity index (χ0n) is 20.3. The summed E-state index contributed by atoms with van der Waals surface area (Å²) in [6.45, 7) is 6.27. The van der Waals surface area contributed by atoms with Gasteiger partial charge < -0.3 is 4.74 Å². The van der Waals surface area contributed by atoms with E-state index in [1.807, 2.05) is 18.2 Å². The average molecular weight is 455 g/mol. The summed E-state index contributed by atoms with van der Waals surface area (Å²) in [7, 11) is 0. The zero-order chi connectivity index (χ0) is 23.2. The lowest BCUT2D eigenvalue weighted by atomic mass is 9.68. The SMILES string of the molecule is C=CCOc1ccc2cc(CCC3CCC(C4CCC(CCC)CC4)CC3)c(F)c(F)c2c1. The minimum absolute atomic E-state index is 0.284. The highest BCUT2D eigenvalue weighted by Crippen LogP contribution is 2.43. The second-order valence-corrected chi connectivity index (χ2v) is 10.5. The van der Waals surface area contributed by atoms with Crippen molar-refractivity contribution in [3.63, 3.8) is 0 Å². The monoisotopic (exact) mass is 454 g/mol. The summed E-state index contributed by atoms with van der Waals surface area (Å²) in [4.78, 5) is 0. The molecule has 2 fully saturated rings. The van der Waals surface area contributed by atoms with Crippen molar-refractivity contribution in [2.45, 2.75) is 84.0 Å². The van der Waals surface area contributed by atoms with E-state index in [0.717, 1.165) is 29.6 Å². The van der Waals surface area contributed by atoms with Gasteiger partial charge in [-0.3, -0.25) is 0 Å². The summed E-state index contributed by atoms with van der Waals surface area (Å²) in [6.07, 6.45) is 16.8. The topological polar surface area (TPSA) is 9.23 Å². The van der Waals surface area contributed by atoms with E-state index in [0.29, 0.717) is 30.3 Å². The molecule has 4 rings (SSSR count). The molecule has 2 aliphatic rings. The van der Waals surface area contributed by atoms with Gasteiger partial charge in [0.25, 0.3) is 0 Å². The maximum atomic E-state index is 14.8. The third-order valence-corrected chi connectivity index (χ3v) is 8.40. The lowest BCUT2D eigenvalue weighted by Gasteiger charge is -2.38. The fourth-order valence-corrected chi connectivity index (χ4v) is 6.45. The molecular weight excluding hydrogens is 414 g/mol. The normalized spacial score (nSPS) is 25.8. The predicted molar refractivity (Wildman–Crippen MR) is 134 cm³/mol. The Hall–Kier alpha value is -1.90. The fraction of sp³-hybridized carbons (Fsp3) is 0.600. The van der Waals surface area contributed by atoms with Gasteiger partial charge in [0.15, 0.2) is 11.6 Å². The van der Waals surface area contributed by atoms with E-state index in [9.17, 15) is 8.78 Å². The van der Waals surface area contributed by atoms with Crippen LogP contribution in [0.2, 0.25) is 0 Å². The molecule has 0 unspecified atom stereocenters. The Morgan fingerprint density at radius 3 is 2.12 bits per heavy atom. The first-order valence-corrected chi connectivity index (χ1v) is 13.2. The zero-order valence-corrected chi connectivity index (χ0v) is 20.3. The second-order valence-electron chi connectivity index (χ2n) is 10.5. The number of benzene rings is 2. The Morgan fingerprint density at radius 1 is 0.879 bits per heavy atom. The molecule has 3 heteroatoms. The summed E-state index contributed by atoms with van der Waals surface area (Å²) in [5.74, 6) is 2.54. The quantitative estimate of drug-likeness (QED) is 0.343. The van der Waals surface area contributed by atoms with Crippen LogP contribution in [-0.2, 0) is 6.42 Å². The van der Waals surface area contributed by atoms with Crippen molar-refractivity contribution in [1.29, 1.82) is 0 Å². The van der Waals surface area contributed by atoms with Crippen molar-refractivity contribution in [1.82, 2.24) is 0 Å². The van der Waals surface area contributed by atoms with Crippen molar-refractivity contribution in [3.8, 4) is 5.75 Å². The van der Waals surface area contributed by atoms with Crippen molar-refractivity contribution >= 4 is 10.8 Å². The van der Waals surface area contributed by atoms with E-state index in [1.54, 1.807) is 12.1 Å². The van der Waals surface area contributed by atoms with Crippen LogP contribution in [0.15, 0.2) is 36.9 Å². The number of hydrogen-bond donors (Lipinski definition) is 0. The van der Waals surface area contributed by atoms with Gasteiger partial charge in [-0.25, -0.2) is 8.78 Å². The van der Waals surface area contributed by atoms with Gasteiger partial charge in [0, 0.05) is 5.39 Å². The second kappa shape index (κ2) is 11.5. The maximum absolute atomic E-state index is 14.8. The number of fused-ring (bicyclic) bond motifs is 1. The van der Waals surface area contributed by atoms with Gasteiger partial charge in [-0.05, 0) is 91.3 Å². The molecule has 2 aliphatic carbocycles. The van der Waals surface area contributed by atoms with Crippen LogP contribution >= 0.6 is 0 Å². The number of ether oxygens (including phenoxy) is 1. The molecule has 0 amide bonds. The van der Waals surface area contributed by atoms with E-state index in [4.69, 9.17) is 4.74 Å². The summed E-state index contributed by atoms with van der Waals surface area (Å²) < 4.78 is 35.1. The summed E-state index contributed by atoms with van der Waals surface area (Å²) in [5.41, 5.74) is 0.510. The van der Waals surface area contributed by atoms with Gasteiger partial charge in [0.1, 0.15) is 12.4 Å². The third kappa shape index (κ3) is 5.97. The number of aryl methyl sites for hydroxylation is 1. The van der Waals surface area contributed by atoms with E-state index in [2.05, 4.69) is 13.5 Å². The van der Waals surface area contributed by atoms with Crippen LogP contribution in [-0.4, -0.2) is 6.61 Å². The van der Waals surface area contributed by atoms with Crippen LogP contribution in [0.25, 0.3) is 10.8 Å². The molecule has 2 saturated carbocycles. The smallest absolute Gasteiger partial charge is 0.167 e. The van der Waals surface area contributed by atoms with Crippen molar-refractivity contribution in [2.24, 2.45) is 23.7 Å². The summed E-state index contributed by atoms with van der Waals surface area (Å²) >= 11 is 0. The minimum atomic E-state index is -0.756. The molecule has 0 N–H and O–H groups in total. The first-order chi connectivity index (χ1) is 16.1. The Morgan fingerprint density at radius 2 is 1.52 bits per heavy atom. The van der Waals surface area contributed by atoms with Gasteiger partial charge in [-0.2, -0.15) is 0 Å². The molecule has 0 aromatic heterocycles. The molecule has 0 radical (unpaired) electrons. The predicted octanol–water partition coefficient (Wildman–Crippen LogP) is 9.03. The lowest BCUT2D eigenvalue weighted by Crippen LogP contribution is -2.26. The average Bonchev–Trinajstić information content (AvgIpc) is 2.85. The Labute approximate surface area is 198 Å². The highest BCUT2D eigenvalue weighted by atomic mass is 19.2. The van der Waals surface area contributed by atoms with E-state index in [1.165, 1.54) is 64.2 Å². The molecule has 2 aromatic rings. The molecule has 0 spiro atoms. The highest BCUT2D eigenvalue weighted by Gasteiger charge is 2.30. The van der Waals surface area contributed by atoms with Crippen LogP contribution in [0.5, 0.6) is 5.75 Å². The van der Waals surface area contributed by atoms with Crippen LogP contribution in [0.4, 0.5) is 8.78 Å². The summed E-state index contributed by atoms with van der Waals surface area (Å²) in [5, 5.41) is 1.02. The van der Waals surface area contributed by atoms with Crippen molar-refractivity contribution in [3.05, 3.63) is 54.1 Å². The van der Waals surface area contributed by atoms with Crippen LogP contribution < -0.4 is 4.74 Å². The highest BCUT2D eigenvalue weighted by molar-refractivity contribution is 5.85. The Balaban J connectivity index is 1.30. The van der Waals surface area contributed by atoms with Gasteiger partial charge >= 0.3 is 0 Å². The minimum Gasteiger partial charge on any atom is -0.490 e. The van der Waals surface area contributed by atoms with Crippen LogP contribution in [0, 0.1) is 35.3 Å². The first kappa shape index (κ1) is 24.2. The van der Waals surface area contributed by atoms with Gasteiger partial charge in [-0.1, -0.05) is 64.2 Å². The third-order valence-electron chi connectivity index (χ3n) is 8.40. The standard InChI is InChI=1S/C30H40F2O/c1-3-5-21-6-11-23(12-7-21)24-13-8-22(9-14-24)10-15-26-19-25-16-17-27(33-18-4-2)20-28(25)30(32)29(26)31/h4,16-17,19-24H,2-3,5-15,18H2,1H3. The van der Waals surface area contributed by atoms with E-state index >= 15 is 0 Å². The molecule has 2 aromatic carbocycles. The van der Waals surface area contributed by atoms with Crippen LogP contribution in [0.1, 0.15) is 83.1 Å². The van der Waals surface area contributed by atoms with E-state index < -0.39 is 11.6 Å². The Kier molecular flexibility index (Phi) is 8.44. The molecule has 0 atom stereocenters. The van der Waals surface area contributed by atoms with Gasteiger partial charge in [0.05, 0.1) is 0 Å². The molecule has 0 bridgehead atoms. The van der Waals surface area contributed by atoms with Crippen LogP contribution in [0.3, 0.4) is 0 Å². The number of rotatable bonds is 9. The fourth-order valence-electron chi connectivity index (χ4n) is 6.45. The number of halogens is 2. The molecule has 0 saturated heterocycles. The van der Waals surface area contributed by atoms with Gasteiger partial charge in [-0.15, -0.1) is 0 Å². The Bertz CT molecular complexity index is 921. The van der Waals surface area contributed by atoms with E-state index in [-0.39, 0.29) is 5.39 Å². The molecule has 33 heavy (non-hydrogen) atoms. The molecule has 0 aliphatic heterocycles. The number of hydrogen-bond acceptors (Lipinski definition) is 1. The first-order valence-electron chi connectivity index (χ1n) is 13.2. The molecular formula is C30H40F2O. The van der Waals surface area contributed by atoms with Gasteiger partial charge in [0.2, 0.25) is 0 Å². The lowest BCUT2D eigenvalue weighted by molar-refractivity contribution is 0.141. The maximum Gasteiger partial charge on any atom is 0.167 e. The molecule has 180 valence electrons. The molecule has 0 heterocycles. The van der Waals surface area contributed by atoms with Crippen molar-refractivity contribution in [2.75, 3.05) is 6.61 Å².